The van der Waals surface area contributed by atoms with Crippen molar-refractivity contribution in [2.24, 2.45) is 0 Å². The average Bonchev–Trinajstić information content (AvgIpc) is 3.39. The number of carbonyl (C=O) groups excluding carboxylic acids is 1. The first-order chi connectivity index (χ1) is 14.6. The molecule has 7 nitrogen and oxygen atoms in total. The van der Waals surface area contributed by atoms with Gasteiger partial charge in [0.2, 0.25) is 11.9 Å². The summed E-state index contributed by atoms with van der Waals surface area (Å²) in [6, 6.07) is 13.9. The van der Waals surface area contributed by atoms with Crippen LogP contribution in [0.5, 0.6) is 0 Å². The monoisotopic (exact) mass is 425 g/mol. The van der Waals surface area contributed by atoms with Crippen molar-refractivity contribution in [3.8, 4) is 5.69 Å². The lowest BCUT2D eigenvalue weighted by molar-refractivity contribution is -0.127. The molecule has 0 atom stereocenters. The molecule has 0 bridgehead atoms. The minimum atomic E-state index is 0.0242. The van der Waals surface area contributed by atoms with E-state index in [4.69, 9.17) is 4.42 Å². The third kappa shape index (κ3) is 4.70. The second-order valence-corrected chi connectivity index (χ2v) is 8.49. The molecule has 0 aliphatic carbocycles. The highest BCUT2D eigenvalue weighted by molar-refractivity contribution is 7.99. The summed E-state index contributed by atoms with van der Waals surface area (Å²) in [7, 11) is 1.79. The zero-order valence-electron chi connectivity index (χ0n) is 17.5. The van der Waals surface area contributed by atoms with Crippen LogP contribution in [0.2, 0.25) is 0 Å². The smallest absolute Gasteiger partial charge is 0.233 e. The molecule has 0 N–H and O–H groups in total. The van der Waals surface area contributed by atoms with Crippen LogP contribution in [-0.2, 0) is 11.3 Å². The summed E-state index contributed by atoms with van der Waals surface area (Å²) in [4.78, 5) is 16.7. The number of amides is 1. The van der Waals surface area contributed by atoms with Crippen molar-refractivity contribution in [1.82, 2.24) is 19.7 Å². The number of thioether (sulfide) groups is 1. The fraction of sp³-hybridized carbons (Fsp3) is 0.409. The largest absolute Gasteiger partial charge is 0.464 e. The van der Waals surface area contributed by atoms with Crippen LogP contribution in [0.4, 0.5) is 5.95 Å². The molecule has 4 rings (SSSR count). The molecule has 1 aromatic carbocycles. The van der Waals surface area contributed by atoms with Gasteiger partial charge in [-0.25, -0.2) is 0 Å². The maximum Gasteiger partial charge on any atom is 0.233 e. The van der Waals surface area contributed by atoms with Gasteiger partial charge in [0.1, 0.15) is 11.5 Å². The normalized spacial score (nSPS) is 14.1. The Balaban J connectivity index is 1.49. The molecule has 2 aromatic heterocycles. The number of nitrogens with zero attached hydrogens (tertiary/aromatic N) is 5. The highest BCUT2D eigenvalue weighted by Gasteiger charge is 2.22. The van der Waals surface area contributed by atoms with E-state index in [9.17, 15) is 4.79 Å². The van der Waals surface area contributed by atoms with Gasteiger partial charge < -0.3 is 14.2 Å². The van der Waals surface area contributed by atoms with Crippen molar-refractivity contribution in [3.05, 3.63) is 54.0 Å². The van der Waals surface area contributed by atoms with Crippen LogP contribution in [0.15, 0.2) is 52.0 Å². The van der Waals surface area contributed by atoms with Crippen LogP contribution in [0, 0.1) is 6.92 Å². The number of benzene rings is 1. The van der Waals surface area contributed by atoms with E-state index in [0.717, 1.165) is 41.4 Å². The lowest BCUT2D eigenvalue weighted by atomic mass is 10.1. The van der Waals surface area contributed by atoms with Gasteiger partial charge in [0.25, 0.3) is 0 Å². The van der Waals surface area contributed by atoms with Crippen molar-refractivity contribution in [3.63, 3.8) is 0 Å². The molecule has 1 amide bonds. The zero-order chi connectivity index (χ0) is 20.9. The van der Waals surface area contributed by atoms with Gasteiger partial charge in [-0.05, 0) is 50.5 Å². The summed E-state index contributed by atoms with van der Waals surface area (Å²) in [5, 5.41) is 9.65. The predicted molar refractivity (Wildman–Crippen MR) is 118 cm³/mol. The quantitative estimate of drug-likeness (QED) is 0.535. The van der Waals surface area contributed by atoms with Crippen LogP contribution in [0.25, 0.3) is 5.69 Å². The fourth-order valence-electron chi connectivity index (χ4n) is 3.59. The summed E-state index contributed by atoms with van der Waals surface area (Å²) in [5.41, 5.74) is 1.01. The molecule has 3 aromatic rings. The van der Waals surface area contributed by atoms with Crippen LogP contribution in [-0.4, -0.2) is 51.5 Å². The summed E-state index contributed by atoms with van der Waals surface area (Å²) < 4.78 is 7.65. The number of aryl methyl sites for hydroxylation is 1. The van der Waals surface area contributed by atoms with Crippen LogP contribution >= 0.6 is 11.8 Å². The first-order valence-electron chi connectivity index (χ1n) is 10.3. The van der Waals surface area contributed by atoms with E-state index < -0.39 is 0 Å². The summed E-state index contributed by atoms with van der Waals surface area (Å²) in [6.07, 6.45) is 3.59. The van der Waals surface area contributed by atoms with Crippen LogP contribution in [0.1, 0.15) is 30.8 Å². The molecule has 0 radical (unpaired) electrons. The molecule has 0 saturated carbocycles. The first kappa shape index (κ1) is 20.5. The Labute approximate surface area is 181 Å². The Hall–Kier alpha value is -2.74. The van der Waals surface area contributed by atoms with E-state index in [1.807, 2.05) is 49.4 Å². The molecule has 1 fully saturated rings. The molecule has 158 valence electrons. The Morgan fingerprint density at radius 3 is 2.57 bits per heavy atom. The third-order valence-corrected chi connectivity index (χ3v) is 6.12. The lowest BCUT2D eigenvalue weighted by Crippen LogP contribution is -2.31. The van der Waals surface area contributed by atoms with Crippen molar-refractivity contribution < 1.29 is 9.21 Å². The first-order valence-corrected chi connectivity index (χ1v) is 11.3. The summed E-state index contributed by atoms with van der Waals surface area (Å²) >= 11 is 1.42. The molecule has 1 aliphatic heterocycles. The zero-order valence-corrected chi connectivity index (χ0v) is 18.3. The number of hydrogen-bond acceptors (Lipinski definition) is 6. The number of anilines is 1. The van der Waals surface area contributed by atoms with Crippen LogP contribution < -0.4 is 4.90 Å². The fourth-order valence-corrected chi connectivity index (χ4v) is 4.47. The van der Waals surface area contributed by atoms with Crippen molar-refractivity contribution in [1.29, 1.82) is 0 Å². The van der Waals surface area contributed by atoms with Gasteiger partial charge in [-0.15, -0.1) is 10.2 Å². The van der Waals surface area contributed by atoms with Gasteiger partial charge in [0.15, 0.2) is 5.16 Å². The van der Waals surface area contributed by atoms with E-state index in [1.54, 1.807) is 11.9 Å². The summed E-state index contributed by atoms with van der Waals surface area (Å²) in [5.74, 6) is 2.81. The topological polar surface area (TPSA) is 67.4 Å². The van der Waals surface area contributed by atoms with E-state index in [2.05, 4.69) is 19.7 Å². The Morgan fingerprint density at radius 2 is 1.87 bits per heavy atom. The van der Waals surface area contributed by atoms with Gasteiger partial charge in [-0.2, -0.15) is 0 Å². The number of hydrogen-bond donors (Lipinski definition) is 0. The molecule has 0 spiro atoms. The Bertz CT molecular complexity index is 979. The minimum Gasteiger partial charge on any atom is -0.464 e. The van der Waals surface area contributed by atoms with E-state index in [0.29, 0.717) is 12.3 Å². The molecule has 0 unspecified atom stereocenters. The van der Waals surface area contributed by atoms with Gasteiger partial charge in [0, 0.05) is 20.1 Å². The van der Waals surface area contributed by atoms with E-state index >= 15 is 0 Å². The maximum absolute atomic E-state index is 12.7. The number of piperidine rings is 1. The van der Waals surface area contributed by atoms with Crippen LogP contribution in [0.3, 0.4) is 0 Å². The number of furan rings is 1. The molecule has 3 heterocycles. The molecule has 8 heteroatoms. The Kier molecular flexibility index (Phi) is 6.42. The van der Waals surface area contributed by atoms with Crippen molar-refractivity contribution in [2.45, 2.75) is 37.9 Å². The SMILES string of the molecule is Cc1ccc(CN(C)C(=O)CSc2nnc(N3CCCCC3)n2-c2ccccc2)o1. The molecular weight excluding hydrogens is 398 g/mol. The standard InChI is InChI=1S/C22H27N5O2S/c1-17-11-12-19(29-17)15-25(2)20(28)16-30-22-24-23-21(26-13-7-4-8-14-26)27(22)18-9-5-3-6-10-18/h3,5-6,9-12H,4,7-8,13-16H2,1-2H3. The highest BCUT2D eigenvalue weighted by Crippen LogP contribution is 2.28. The van der Waals surface area contributed by atoms with E-state index in [-0.39, 0.29) is 5.91 Å². The number of rotatable bonds is 7. The number of para-hydroxylation sites is 1. The second-order valence-electron chi connectivity index (χ2n) is 7.55. The molecule has 1 saturated heterocycles. The third-order valence-electron chi connectivity index (χ3n) is 5.21. The number of carbonyl (C=O) groups is 1. The van der Waals surface area contributed by atoms with Gasteiger partial charge in [-0.1, -0.05) is 30.0 Å². The van der Waals surface area contributed by atoms with Gasteiger partial charge in [0.05, 0.1) is 18.0 Å². The second kappa shape index (κ2) is 9.38. The molecule has 30 heavy (non-hydrogen) atoms. The van der Waals surface area contributed by atoms with E-state index in [1.165, 1.54) is 31.0 Å². The Morgan fingerprint density at radius 1 is 1.10 bits per heavy atom. The van der Waals surface area contributed by atoms with Gasteiger partial charge in [-0.3, -0.25) is 9.36 Å². The summed E-state index contributed by atoms with van der Waals surface area (Å²) in [6.45, 7) is 4.33. The maximum atomic E-state index is 12.7. The minimum absolute atomic E-state index is 0.0242. The van der Waals surface area contributed by atoms with Crippen molar-refractivity contribution >= 4 is 23.6 Å². The predicted octanol–water partition coefficient (Wildman–Crippen LogP) is 3.91. The average molecular weight is 426 g/mol. The molecular formula is C22H27N5O2S. The highest BCUT2D eigenvalue weighted by atomic mass is 32.2. The molecule has 1 aliphatic rings. The van der Waals surface area contributed by atoms with Gasteiger partial charge >= 0.3 is 0 Å². The number of aromatic nitrogens is 3. The lowest BCUT2D eigenvalue weighted by Gasteiger charge is -2.27. The van der Waals surface area contributed by atoms with Crippen molar-refractivity contribution in [2.75, 3.05) is 30.8 Å².